The number of benzene rings is 3. The molecule has 0 saturated carbocycles. The van der Waals surface area contributed by atoms with Crippen LogP contribution in [-0.4, -0.2) is 17.8 Å². The van der Waals surface area contributed by atoms with Gasteiger partial charge in [-0.1, -0.05) is 60.7 Å². The summed E-state index contributed by atoms with van der Waals surface area (Å²) in [5.74, 6) is 0.787. The summed E-state index contributed by atoms with van der Waals surface area (Å²) < 4.78 is 5.60. The highest BCUT2D eigenvalue weighted by Crippen LogP contribution is 2.20. The molecule has 0 aliphatic heterocycles. The summed E-state index contributed by atoms with van der Waals surface area (Å²) in [6.45, 7) is 0.299. The van der Waals surface area contributed by atoms with Crippen molar-refractivity contribution >= 4 is 10.8 Å². The van der Waals surface area contributed by atoms with E-state index in [2.05, 4.69) is 24.3 Å². The number of fused-ring (bicyclic) bond motifs is 1. The van der Waals surface area contributed by atoms with E-state index < -0.39 is 6.10 Å². The molecule has 1 unspecified atom stereocenters. The van der Waals surface area contributed by atoms with Gasteiger partial charge < -0.3 is 9.84 Å². The Morgan fingerprint density at radius 3 is 2.38 bits per heavy atom. The molecular weight excluding hydrogens is 260 g/mol. The molecule has 3 rings (SSSR count). The first-order chi connectivity index (χ1) is 10.3. The van der Waals surface area contributed by atoms with Crippen LogP contribution in [-0.2, 0) is 6.42 Å². The van der Waals surface area contributed by atoms with Crippen molar-refractivity contribution in [3.8, 4) is 5.75 Å². The van der Waals surface area contributed by atoms with Gasteiger partial charge in [-0.25, -0.2) is 0 Å². The molecule has 0 aliphatic rings. The third kappa shape index (κ3) is 3.41. The van der Waals surface area contributed by atoms with Gasteiger partial charge in [-0.3, -0.25) is 0 Å². The van der Waals surface area contributed by atoms with E-state index in [1.807, 2.05) is 48.5 Å². The van der Waals surface area contributed by atoms with Gasteiger partial charge in [0.1, 0.15) is 12.4 Å². The molecule has 0 amide bonds. The fourth-order valence-corrected chi connectivity index (χ4v) is 2.49. The third-order valence-electron chi connectivity index (χ3n) is 3.52. The van der Waals surface area contributed by atoms with Gasteiger partial charge in [-0.2, -0.15) is 0 Å². The minimum absolute atomic E-state index is 0.299. The number of hydrogen-bond donors (Lipinski definition) is 1. The third-order valence-corrected chi connectivity index (χ3v) is 3.52. The van der Waals surface area contributed by atoms with E-state index in [0.717, 1.165) is 11.3 Å². The fourth-order valence-electron chi connectivity index (χ4n) is 2.49. The van der Waals surface area contributed by atoms with E-state index in [1.54, 1.807) is 0 Å². The first kappa shape index (κ1) is 13.7. The van der Waals surface area contributed by atoms with Crippen LogP contribution in [0.4, 0.5) is 0 Å². The normalized spacial score (nSPS) is 12.2. The molecule has 0 aromatic heterocycles. The maximum absolute atomic E-state index is 10.2. The summed E-state index contributed by atoms with van der Waals surface area (Å²) in [6, 6.07) is 24.0. The molecule has 0 radical (unpaired) electrons. The van der Waals surface area contributed by atoms with Crippen molar-refractivity contribution < 1.29 is 9.84 Å². The van der Waals surface area contributed by atoms with Crippen LogP contribution in [0.15, 0.2) is 72.8 Å². The Kier molecular flexibility index (Phi) is 4.17. The van der Waals surface area contributed by atoms with Crippen LogP contribution in [0.1, 0.15) is 5.56 Å². The Bertz CT molecular complexity index is 702. The summed E-state index contributed by atoms with van der Waals surface area (Å²) in [5.41, 5.74) is 1.15. The van der Waals surface area contributed by atoms with Gasteiger partial charge in [0.15, 0.2) is 0 Å². The Balaban J connectivity index is 1.67. The summed E-state index contributed by atoms with van der Waals surface area (Å²) in [7, 11) is 0. The molecule has 2 heteroatoms. The minimum Gasteiger partial charge on any atom is -0.491 e. The molecule has 0 heterocycles. The van der Waals surface area contributed by atoms with Crippen molar-refractivity contribution in [1.29, 1.82) is 0 Å². The highest BCUT2D eigenvalue weighted by Gasteiger charge is 2.09. The highest BCUT2D eigenvalue weighted by atomic mass is 16.5. The zero-order valence-electron chi connectivity index (χ0n) is 11.8. The molecule has 106 valence electrons. The summed E-state index contributed by atoms with van der Waals surface area (Å²) in [5, 5.41) is 12.6. The molecule has 0 saturated heterocycles. The predicted molar refractivity (Wildman–Crippen MR) is 85.6 cm³/mol. The van der Waals surface area contributed by atoms with E-state index in [9.17, 15) is 5.11 Å². The van der Waals surface area contributed by atoms with E-state index in [4.69, 9.17) is 4.74 Å². The molecule has 21 heavy (non-hydrogen) atoms. The first-order valence-electron chi connectivity index (χ1n) is 7.15. The Morgan fingerprint density at radius 1 is 0.810 bits per heavy atom. The lowest BCUT2D eigenvalue weighted by Gasteiger charge is -2.14. The van der Waals surface area contributed by atoms with Gasteiger partial charge in [0.25, 0.3) is 0 Å². The van der Waals surface area contributed by atoms with Gasteiger partial charge in [-0.15, -0.1) is 0 Å². The predicted octanol–water partition coefficient (Wildman–Crippen LogP) is 3.82. The lowest BCUT2D eigenvalue weighted by molar-refractivity contribution is 0.108. The van der Waals surface area contributed by atoms with E-state index in [-0.39, 0.29) is 0 Å². The Hall–Kier alpha value is -2.32. The lowest BCUT2D eigenvalue weighted by atomic mass is 10.0. The molecular formula is C19H18O2. The monoisotopic (exact) mass is 278 g/mol. The van der Waals surface area contributed by atoms with Crippen LogP contribution >= 0.6 is 0 Å². The highest BCUT2D eigenvalue weighted by molar-refractivity contribution is 5.85. The summed E-state index contributed by atoms with van der Waals surface area (Å²) in [6.07, 6.45) is 0.0739. The molecule has 0 fully saturated rings. The van der Waals surface area contributed by atoms with Gasteiger partial charge in [-0.05, 0) is 28.5 Å². The molecule has 0 aliphatic carbocycles. The smallest absolute Gasteiger partial charge is 0.119 e. The van der Waals surface area contributed by atoms with Crippen molar-refractivity contribution in [3.05, 3.63) is 78.4 Å². The average molecular weight is 278 g/mol. The molecule has 2 nitrogen and oxygen atoms in total. The van der Waals surface area contributed by atoms with E-state index in [1.165, 1.54) is 10.8 Å². The maximum Gasteiger partial charge on any atom is 0.119 e. The fraction of sp³-hybridized carbons (Fsp3) is 0.158. The molecule has 0 spiro atoms. The van der Waals surface area contributed by atoms with E-state index in [0.29, 0.717) is 13.0 Å². The molecule has 1 atom stereocenters. The number of aliphatic hydroxyl groups is 1. The quantitative estimate of drug-likeness (QED) is 0.768. The summed E-state index contributed by atoms with van der Waals surface area (Å²) in [4.78, 5) is 0. The average Bonchev–Trinajstić information content (AvgIpc) is 2.54. The van der Waals surface area contributed by atoms with Crippen LogP contribution in [0.3, 0.4) is 0 Å². The van der Waals surface area contributed by atoms with Gasteiger partial charge >= 0.3 is 0 Å². The van der Waals surface area contributed by atoms with Crippen molar-refractivity contribution in [3.63, 3.8) is 0 Å². The van der Waals surface area contributed by atoms with Gasteiger partial charge in [0, 0.05) is 6.42 Å². The summed E-state index contributed by atoms with van der Waals surface area (Å²) >= 11 is 0. The van der Waals surface area contributed by atoms with Crippen LogP contribution < -0.4 is 4.74 Å². The zero-order valence-corrected chi connectivity index (χ0v) is 11.8. The maximum atomic E-state index is 10.2. The van der Waals surface area contributed by atoms with Crippen LogP contribution in [0.25, 0.3) is 10.8 Å². The molecule has 3 aromatic carbocycles. The van der Waals surface area contributed by atoms with Crippen LogP contribution in [0.2, 0.25) is 0 Å². The number of ether oxygens (including phenoxy) is 1. The van der Waals surface area contributed by atoms with E-state index >= 15 is 0 Å². The van der Waals surface area contributed by atoms with Crippen molar-refractivity contribution in [2.45, 2.75) is 12.5 Å². The minimum atomic E-state index is -0.518. The molecule has 3 aromatic rings. The van der Waals surface area contributed by atoms with Crippen molar-refractivity contribution in [1.82, 2.24) is 0 Å². The van der Waals surface area contributed by atoms with Gasteiger partial charge in [0.2, 0.25) is 0 Å². The number of aliphatic hydroxyl groups excluding tert-OH is 1. The molecule has 0 bridgehead atoms. The first-order valence-corrected chi connectivity index (χ1v) is 7.15. The number of para-hydroxylation sites is 1. The standard InChI is InChI=1S/C19H18O2/c20-17(14-21-18-10-2-1-3-11-18)13-16-9-6-8-15-7-4-5-12-19(15)16/h1-12,17,20H,13-14H2. The number of hydrogen-bond acceptors (Lipinski definition) is 2. The lowest BCUT2D eigenvalue weighted by Crippen LogP contribution is -2.20. The van der Waals surface area contributed by atoms with Crippen LogP contribution in [0, 0.1) is 0 Å². The van der Waals surface area contributed by atoms with Crippen molar-refractivity contribution in [2.75, 3.05) is 6.61 Å². The molecule has 1 N–H and O–H groups in total. The second-order valence-corrected chi connectivity index (χ2v) is 5.12. The largest absolute Gasteiger partial charge is 0.491 e. The SMILES string of the molecule is OC(COc1ccccc1)Cc1cccc2ccccc12. The van der Waals surface area contributed by atoms with Crippen LogP contribution in [0.5, 0.6) is 5.75 Å². The van der Waals surface area contributed by atoms with Crippen molar-refractivity contribution in [2.24, 2.45) is 0 Å². The Labute approximate surface area is 124 Å². The zero-order chi connectivity index (χ0) is 14.5. The number of rotatable bonds is 5. The topological polar surface area (TPSA) is 29.5 Å². The van der Waals surface area contributed by atoms with Gasteiger partial charge in [0.05, 0.1) is 6.10 Å². The second kappa shape index (κ2) is 6.42. The second-order valence-electron chi connectivity index (χ2n) is 5.12. The Morgan fingerprint density at radius 2 is 1.52 bits per heavy atom.